The maximum absolute atomic E-state index is 9.38. The van der Waals surface area contributed by atoms with Crippen molar-refractivity contribution in [3.05, 3.63) is 74.9 Å². The zero-order valence-electron chi connectivity index (χ0n) is 14.5. The Labute approximate surface area is 184 Å². The lowest BCUT2D eigenvalue weighted by Crippen LogP contribution is -2.04. The van der Waals surface area contributed by atoms with Crippen LogP contribution in [0.25, 0.3) is 0 Å². The Morgan fingerprint density at radius 2 is 1.14 bits per heavy atom. The van der Waals surface area contributed by atoms with Gasteiger partial charge in [-0.05, 0) is 0 Å². The number of nitrogens with zero attached hydrogens (tertiary/aromatic N) is 2. The molecule has 0 atom stereocenters. The standard InChI is InChI=1S/C19H16N2O2S5/c22-20-15(13-7-3-1-4-8-13)11-25-17-18(28-19(24)27-17)26-12-16(21-23)14-9-5-2-6-10-14/h1-10,22-23H,11-12H2/b20-15-,21-16-. The van der Waals surface area contributed by atoms with Crippen molar-refractivity contribution in [1.29, 1.82) is 0 Å². The largest absolute Gasteiger partial charge is 0.411 e. The van der Waals surface area contributed by atoms with Crippen LogP contribution in [0.1, 0.15) is 11.1 Å². The molecule has 0 aliphatic heterocycles. The smallest absolute Gasteiger partial charge is 0.145 e. The van der Waals surface area contributed by atoms with E-state index < -0.39 is 0 Å². The molecule has 0 saturated heterocycles. The first-order valence-corrected chi connectivity index (χ1v) is 12.1. The highest BCUT2D eigenvalue weighted by molar-refractivity contribution is 8.05. The van der Waals surface area contributed by atoms with Crippen molar-refractivity contribution in [2.45, 2.75) is 8.42 Å². The molecule has 2 N–H and O–H groups in total. The van der Waals surface area contributed by atoms with E-state index in [2.05, 4.69) is 10.3 Å². The first-order chi connectivity index (χ1) is 13.7. The van der Waals surface area contributed by atoms with Crippen LogP contribution in [0.3, 0.4) is 0 Å². The van der Waals surface area contributed by atoms with Crippen molar-refractivity contribution in [3.63, 3.8) is 0 Å². The van der Waals surface area contributed by atoms with Crippen molar-refractivity contribution in [1.82, 2.24) is 0 Å². The van der Waals surface area contributed by atoms with Gasteiger partial charge in [0.2, 0.25) is 0 Å². The van der Waals surface area contributed by atoms with E-state index in [0.29, 0.717) is 22.9 Å². The Hall–Kier alpha value is -1.65. The summed E-state index contributed by atoms with van der Waals surface area (Å²) in [6, 6.07) is 19.2. The number of oxime groups is 2. The summed E-state index contributed by atoms with van der Waals surface area (Å²) in [6.07, 6.45) is 0. The molecule has 0 bridgehead atoms. The molecular weight excluding hydrogens is 449 g/mol. The van der Waals surface area contributed by atoms with Crippen LogP contribution >= 0.6 is 58.4 Å². The number of hydrogen-bond acceptors (Lipinski definition) is 9. The summed E-state index contributed by atoms with van der Waals surface area (Å²) in [4.78, 5) is 0. The van der Waals surface area contributed by atoms with Gasteiger partial charge in [0.1, 0.15) is 3.14 Å². The van der Waals surface area contributed by atoms with Gasteiger partial charge in [0.15, 0.2) is 0 Å². The van der Waals surface area contributed by atoms with Gasteiger partial charge in [-0.15, -0.1) is 46.2 Å². The van der Waals surface area contributed by atoms with Crippen LogP contribution in [0.2, 0.25) is 0 Å². The van der Waals surface area contributed by atoms with Crippen LogP contribution < -0.4 is 0 Å². The van der Waals surface area contributed by atoms with Gasteiger partial charge in [-0.1, -0.05) is 83.2 Å². The number of benzene rings is 2. The molecule has 0 unspecified atom stereocenters. The minimum absolute atomic E-state index is 0.537. The van der Waals surface area contributed by atoms with Crippen LogP contribution in [0.4, 0.5) is 0 Å². The fraction of sp³-hybridized carbons (Fsp3) is 0.105. The summed E-state index contributed by atoms with van der Waals surface area (Å²) in [7, 11) is 0. The molecule has 3 aromatic rings. The maximum Gasteiger partial charge on any atom is 0.145 e. The SMILES string of the molecule is O/N=C(/CSc1sc(=S)sc1SC/C(=N/O)c1ccccc1)c1ccccc1. The monoisotopic (exact) mass is 464 g/mol. The predicted octanol–water partition coefficient (Wildman–Crippen LogP) is 6.48. The van der Waals surface area contributed by atoms with Crippen molar-refractivity contribution >= 4 is 69.8 Å². The van der Waals surface area contributed by atoms with E-state index >= 15 is 0 Å². The third-order valence-corrected chi connectivity index (χ3v) is 9.26. The summed E-state index contributed by atoms with van der Waals surface area (Å²) in [5.74, 6) is 1.07. The maximum atomic E-state index is 9.38. The first-order valence-electron chi connectivity index (χ1n) is 8.13. The minimum atomic E-state index is 0.537. The lowest BCUT2D eigenvalue weighted by atomic mass is 10.1. The molecule has 0 aliphatic carbocycles. The molecule has 0 radical (unpaired) electrons. The molecule has 0 fully saturated rings. The summed E-state index contributed by atoms with van der Waals surface area (Å²) >= 11 is 11.7. The summed E-state index contributed by atoms with van der Waals surface area (Å²) < 4.78 is 3.01. The van der Waals surface area contributed by atoms with E-state index in [4.69, 9.17) is 12.2 Å². The lowest BCUT2D eigenvalue weighted by molar-refractivity contribution is 0.319. The average Bonchev–Trinajstić information content (AvgIpc) is 3.10. The van der Waals surface area contributed by atoms with Crippen LogP contribution in [0.5, 0.6) is 0 Å². The molecule has 9 heteroatoms. The highest BCUT2D eigenvalue weighted by Crippen LogP contribution is 2.41. The molecule has 3 rings (SSSR count). The lowest BCUT2D eigenvalue weighted by Gasteiger charge is -2.06. The van der Waals surface area contributed by atoms with Gasteiger partial charge in [0.25, 0.3) is 0 Å². The summed E-state index contributed by atoms with van der Waals surface area (Å²) in [6.45, 7) is 0. The Morgan fingerprint density at radius 3 is 1.50 bits per heavy atom. The normalized spacial score (nSPS) is 12.3. The van der Waals surface area contributed by atoms with Crippen molar-refractivity contribution in [2.24, 2.45) is 10.3 Å². The number of thioether (sulfide) groups is 2. The fourth-order valence-corrected chi connectivity index (χ4v) is 8.32. The molecule has 2 aromatic carbocycles. The van der Waals surface area contributed by atoms with Crippen molar-refractivity contribution in [2.75, 3.05) is 11.5 Å². The van der Waals surface area contributed by atoms with E-state index in [1.165, 1.54) is 0 Å². The van der Waals surface area contributed by atoms with E-state index in [-0.39, 0.29) is 0 Å². The average molecular weight is 465 g/mol. The second kappa shape index (κ2) is 10.8. The zero-order valence-corrected chi connectivity index (χ0v) is 18.6. The van der Waals surface area contributed by atoms with E-state index in [1.54, 1.807) is 46.2 Å². The van der Waals surface area contributed by atoms with E-state index in [0.717, 1.165) is 22.7 Å². The molecule has 1 heterocycles. The van der Waals surface area contributed by atoms with Gasteiger partial charge in [0.05, 0.1) is 19.8 Å². The van der Waals surface area contributed by atoms with Crippen LogP contribution in [0.15, 0.2) is 79.4 Å². The second-order valence-corrected chi connectivity index (χ2v) is 11.1. The number of hydrogen-bond donors (Lipinski definition) is 2. The Balaban J connectivity index is 1.69. The molecule has 4 nitrogen and oxygen atoms in total. The van der Waals surface area contributed by atoms with E-state index in [9.17, 15) is 10.4 Å². The molecular formula is C19H16N2O2S5. The third kappa shape index (κ3) is 5.68. The molecule has 0 spiro atoms. The van der Waals surface area contributed by atoms with Gasteiger partial charge < -0.3 is 10.4 Å². The zero-order chi connectivity index (χ0) is 19.8. The van der Waals surface area contributed by atoms with Crippen molar-refractivity contribution < 1.29 is 10.4 Å². The molecule has 1 aromatic heterocycles. The van der Waals surface area contributed by atoms with Crippen LogP contribution in [-0.2, 0) is 0 Å². The van der Waals surface area contributed by atoms with Gasteiger partial charge in [-0.2, -0.15) is 0 Å². The second-order valence-electron chi connectivity index (χ2n) is 5.43. The predicted molar refractivity (Wildman–Crippen MR) is 124 cm³/mol. The van der Waals surface area contributed by atoms with Crippen molar-refractivity contribution in [3.8, 4) is 0 Å². The Kier molecular flexibility index (Phi) is 8.11. The molecule has 28 heavy (non-hydrogen) atoms. The topological polar surface area (TPSA) is 65.2 Å². The first kappa shape index (κ1) is 21.1. The minimum Gasteiger partial charge on any atom is -0.411 e. The quantitative estimate of drug-likeness (QED) is 0.131. The van der Waals surface area contributed by atoms with Gasteiger partial charge in [-0.3, -0.25) is 0 Å². The molecule has 0 saturated carbocycles. The summed E-state index contributed by atoms with van der Waals surface area (Å²) in [5, 5.41) is 25.7. The van der Waals surface area contributed by atoms with Crippen LogP contribution in [0, 0.1) is 3.14 Å². The van der Waals surface area contributed by atoms with Gasteiger partial charge in [0, 0.05) is 22.6 Å². The molecule has 0 amide bonds. The third-order valence-electron chi connectivity index (χ3n) is 3.65. The Bertz CT molecular complexity index is 934. The number of rotatable bonds is 8. The van der Waals surface area contributed by atoms with E-state index in [1.807, 2.05) is 60.7 Å². The fourth-order valence-electron chi connectivity index (χ4n) is 2.30. The highest BCUT2D eigenvalue weighted by Gasteiger charge is 2.14. The van der Waals surface area contributed by atoms with Gasteiger partial charge >= 0.3 is 0 Å². The summed E-state index contributed by atoms with van der Waals surface area (Å²) in [5.41, 5.74) is 3.02. The Morgan fingerprint density at radius 1 is 0.750 bits per heavy atom. The van der Waals surface area contributed by atoms with Gasteiger partial charge in [-0.25, -0.2) is 0 Å². The highest BCUT2D eigenvalue weighted by atomic mass is 32.2. The molecule has 144 valence electrons. The molecule has 0 aliphatic rings. The van der Waals surface area contributed by atoms with Crippen LogP contribution in [-0.4, -0.2) is 33.3 Å².